The van der Waals surface area contributed by atoms with Crippen molar-refractivity contribution in [1.82, 2.24) is 4.98 Å². The molecule has 2 heterocycles. The van der Waals surface area contributed by atoms with E-state index in [1.54, 1.807) is 24.3 Å². The molecule has 0 aliphatic carbocycles. The van der Waals surface area contributed by atoms with E-state index in [1.807, 2.05) is 0 Å². The third-order valence-electron chi connectivity index (χ3n) is 4.69. The zero-order valence-electron chi connectivity index (χ0n) is 14.9. The predicted octanol–water partition coefficient (Wildman–Crippen LogP) is 4.50. The minimum absolute atomic E-state index is 0.0808. The number of amides is 1. The van der Waals surface area contributed by atoms with Gasteiger partial charge in [-0.15, -0.1) is 0 Å². The summed E-state index contributed by atoms with van der Waals surface area (Å²) in [6.07, 6.45) is 2.94. The van der Waals surface area contributed by atoms with Crippen molar-refractivity contribution >= 4 is 34.7 Å². The van der Waals surface area contributed by atoms with Crippen molar-refractivity contribution in [1.29, 1.82) is 0 Å². The van der Waals surface area contributed by atoms with Crippen LogP contribution < -0.4 is 4.90 Å². The molecule has 1 aromatic heterocycles. The van der Waals surface area contributed by atoms with Gasteiger partial charge in [0.25, 0.3) is 11.7 Å². The molecule has 1 amide bonds. The first-order valence-electron chi connectivity index (χ1n) is 8.70. The molecule has 1 fully saturated rings. The average molecular weight is 409 g/mol. The van der Waals surface area contributed by atoms with Crippen molar-refractivity contribution in [3.8, 4) is 0 Å². The van der Waals surface area contributed by atoms with Crippen LogP contribution in [0, 0.1) is 5.82 Å². The van der Waals surface area contributed by atoms with Crippen LogP contribution in [0.1, 0.15) is 17.2 Å². The van der Waals surface area contributed by atoms with Crippen LogP contribution in [-0.4, -0.2) is 21.8 Å². The molecule has 1 saturated heterocycles. The number of rotatable bonds is 3. The van der Waals surface area contributed by atoms with Gasteiger partial charge in [-0.3, -0.25) is 19.5 Å². The van der Waals surface area contributed by atoms with Gasteiger partial charge in [0.1, 0.15) is 11.6 Å². The monoisotopic (exact) mass is 408 g/mol. The Labute approximate surface area is 170 Å². The minimum Gasteiger partial charge on any atom is -0.507 e. The molecule has 7 heteroatoms. The topological polar surface area (TPSA) is 70.5 Å². The summed E-state index contributed by atoms with van der Waals surface area (Å²) in [5, 5.41) is 11.3. The van der Waals surface area contributed by atoms with Gasteiger partial charge in [-0.2, -0.15) is 0 Å². The predicted molar refractivity (Wildman–Crippen MR) is 107 cm³/mol. The summed E-state index contributed by atoms with van der Waals surface area (Å²) < 4.78 is 13.5. The lowest BCUT2D eigenvalue weighted by atomic mass is 9.95. The summed E-state index contributed by atoms with van der Waals surface area (Å²) in [5.41, 5.74) is 1.18. The third kappa shape index (κ3) is 3.39. The van der Waals surface area contributed by atoms with E-state index < -0.39 is 23.5 Å². The van der Waals surface area contributed by atoms with Gasteiger partial charge in [0.15, 0.2) is 0 Å². The smallest absolute Gasteiger partial charge is 0.300 e. The van der Waals surface area contributed by atoms with Crippen LogP contribution in [0.4, 0.5) is 10.1 Å². The SMILES string of the molecule is O=C1C(=O)N(c2ccc(Cl)cc2)C(c2ccc(F)cc2)/C1=C(/O)c1ccncc1. The van der Waals surface area contributed by atoms with Gasteiger partial charge in [-0.1, -0.05) is 23.7 Å². The van der Waals surface area contributed by atoms with Gasteiger partial charge >= 0.3 is 0 Å². The number of aliphatic hydroxyl groups is 1. The van der Waals surface area contributed by atoms with Crippen LogP contribution in [0.2, 0.25) is 5.02 Å². The normalized spacial score (nSPS) is 18.3. The highest BCUT2D eigenvalue weighted by Crippen LogP contribution is 2.42. The number of ketones is 1. The van der Waals surface area contributed by atoms with Gasteiger partial charge in [-0.05, 0) is 54.1 Å². The van der Waals surface area contributed by atoms with E-state index in [-0.39, 0.29) is 11.3 Å². The first kappa shape index (κ1) is 18.8. The Morgan fingerprint density at radius 3 is 2.21 bits per heavy atom. The van der Waals surface area contributed by atoms with Crippen molar-refractivity contribution in [2.24, 2.45) is 0 Å². The summed E-state index contributed by atoms with van der Waals surface area (Å²) in [5.74, 6) is -2.40. The second-order valence-electron chi connectivity index (χ2n) is 6.43. The zero-order valence-corrected chi connectivity index (χ0v) is 15.7. The Morgan fingerprint density at radius 1 is 0.966 bits per heavy atom. The van der Waals surface area contributed by atoms with Crippen molar-refractivity contribution in [3.63, 3.8) is 0 Å². The second kappa shape index (κ2) is 7.48. The van der Waals surface area contributed by atoms with Crippen molar-refractivity contribution < 1.29 is 19.1 Å². The summed E-state index contributed by atoms with van der Waals surface area (Å²) in [6.45, 7) is 0. The number of aliphatic hydroxyl groups excluding tert-OH is 1. The van der Waals surface area contributed by atoms with Gasteiger partial charge in [-0.25, -0.2) is 4.39 Å². The summed E-state index contributed by atoms with van der Waals surface area (Å²) in [7, 11) is 0. The number of nitrogens with zero attached hydrogens (tertiary/aromatic N) is 2. The molecule has 4 rings (SSSR count). The van der Waals surface area contributed by atoms with Crippen molar-refractivity contribution in [2.45, 2.75) is 6.04 Å². The molecule has 0 spiro atoms. The number of carbonyl (C=O) groups excluding carboxylic acids is 2. The lowest BCUT2D eigenvalue weighted by Gasteiger charge is -2.25. The van der Waals surface area contributed by atoms with Gasteiger partial charge in [0, 0.05) is 28.7 Å². The maximum absolute atomic E-state index is 13.5. The number of halogens is 2. The van der Waals surface area contributed by atoms with Crippen molar-refractivity contribution in [2.75, 3.05) is 4.90 Å². The highest BCUT2D eigenvalue weighted by molar-refractivity contribution is 6.51. The molecule has 5 nitrogen and oxygen atoms in total. The van der Waals surface area contributed by atoms with E-state index >= 15 is 0 Å². The Kier molecular flexibility index (Phi) is 4.86. The molecule has 0 radical (unpaired) electrons. The number of hydrogen-bond donors (Lipinski definition) is 1. The van der Waals surface area contributed by atoms with E-state index in [1.165, 1.54) is 53.7 Å². The van der Waals surface area contributed by atoms with Crippen LogP contribution in [0.3, 0.4) is 0 Å². The molecule has 3 aromatic rings. The van der Waals surface area contributed by atoms with Crippen LogP contribution in [0.15, 0.2) is 78.6 Å². The molecule has 1 unspecified atom stereocenters. The highest BCUT2D eigenvalue weighted by atomic mass is 35.5. The molecule has 144 valence electrons. The van der Waals surface area contributed by atoms with Gasteiger partial charge in [0.2, 0.25) is 0 Å². The van der Waals surface area contributed by atoms with Gasteiger partial charge in [0.05, 0.1) is 11.6 Å². The third-order valence-corrected chi connectivity index (χ3v) is 4.94. The Hall–Kier alpha value is -3.51. The van der Waals surface area contributed by atoms with Gasteiger partial charge < -0.3 is 5.11 Å². The molecule has 1 atom stereocenters. The zero-order chi connectivity index (χ0) is 20.5. The fourth-order valence-electron chi connectivity index (χ4n) is 3.33. The van der Waals surface area contributed by atoms with Crippen LogP contribution in [0.25, 0.3) is 5.76 Å². The molecule has 29 heavy (non-hydrogen) atoms. The average Bonchev–Trinajstić information content (AvgIpc) is 3.00. The molecule has 0 saturated carbocycles. The van der Waals surface area contributed by atoms with Crippen LogP contribution >= 0.6 is 11.6 Å². The van der Waals surface area contributed by atoms with E-state index in [2.05, 4.69) is 4.98 Å². The number of pyridine rings is 1. The Balaban J connectivity index is 1.94. The van der Waals surface area contributed by atoms with E-state index in [0.29, 0.717) is 21.8 Å². The highest BCUT2D eigenvalue weighted by Gasteiger charge is 2.46. The first-order chi connectivity index (χ1) is 14.0. The Morgan fingerprint density at radius 2 is 1.59 bits per heavy atom. The molecule has 2 aromatic carbocycles. The summed E-state index contributed by atoms with van der Waals surface area (Å²) in [4.78, 5) is 31.0. The van der Waals surface area contributed by atoms with Crippen LogP contribution in [-0.2, 0) is 9.59 Å². The number of anilines is 1. The van der Waals surface area contributed by atoms with E-state index in [4.69, 9.17) is 11.6 Å². The molecular formula is C22H14ClFN2O3. The fraction of sp³-hybridized carbons (Fsp3) is 0.0455. The second-order valence-corrected chi connectivity index (χ2v) is 6.87. The maximum Gasteiger partial charge on any atom is 0.300 e. The Bertz CT molecular complexity index is 1110. The molecule has 1 N–H and O–H groups in total. The number of hydrogen-bond acceptors (Lipinski definition) is 4. The molecule has 1 aliphatic heterocycles. The minimum atomic E-state index is -0.926. The lowest BCUT2D eigenvalue weighted by Crippen LogP contribution is -2.29. The molecule has 0 bridgehead atoms. The number of carbonyl (C=O) groups is 2. The van der Waals surface area contributed by atoms with Crippen molar-refractivity contribution in [3.05, 3.63) is 101 Å². The largest absolute Gasteiger partial charge is 0.507 e. The molecular weight excluding hydrogens is 395 g/mol. The van der Waals surface area contributed by atoms with E-state index in [9.17, 15) is 19.1 Å². The number of aromatic nitrogens is 1. The van der Waals surface area contributed by atoms with Crippen LogP contribution in [0.5, 0.6) is 0 Å². The standard InChI is InChI=1S/C22H14ClFN2O3/c23-15-3-7-17(8-4-15)26-19(13-1-5-16(24)6-2-13)18(21(28)22(26)29)20(27)14-9-11-25-12-10-14/h1-12,19,27H/b20-18-. The van der Waals surface area contributed by atoms with E-state index in [0.717, 1.165) is 0 Å². The summed E-state index contributed by atoms with van der Waals surface area (Å²) in [6, 6.07) is 14.0. The molecule has 1 aliphatic rings. The quantitative estimate of drug-likeness (QED) is 0.393. The summed E-state index contributed by atoms with van der Waals surface area (Å²) >= 11 is 5.95. The first-order valence-corrected chi connectivity index (χ1v) is 9.07. The maximum atomic E-state index is 13.5. The fourth-order valence-corrected chi connectivity index (χ4v) is 3.45. The number of Topliss-reactive ketones (excluding diaryl/α,β-unsaturated/α-hetero) is 1. The number of benzene rings is 2. The lowest BCUT2D eigenvalue weighted by molar-refractivity contribution is -0.132.